The molecule has 0 aliphatic carbocycles. The first-order valence-corrected chi connectivity index (χ1v) is 6.29. The molecule has 1 aromatic heterocycles. The van der Waals surface area contributed by atoms with E-state index in [4.69, 9.17) is 15.2 Å². The minimum absolute atomic E-state index is 0.0887. The van der Waals surface area contributed by atoms with E-state index in [9.17, 15) is 5.11 Å². The van der Waals surface area contributed by atoms with E-state index in [0.29, 0.717) is 11.5 Å². The summed E-state index contributed by atoms with van der Waals surface area (Å²) in [5, 5.41) is 11.6. The van der Waals surface area contributed by atoms with Crippen LogP contribution in [0.5, 0.6) is 17.2 Å². The van der Waals surface area contributed by atoms with Gasteiger partial charge in [-0.3, -0.25) is 0 Å². The van der Waals surface area contributed by atoms with Gasteiger partial charge >= 0.3 is 0 Å². The summed E-state index contributed by atoms with van der Waals surface area (Å²) in [6.07, 6.45) is 0. The molecule has 2 rings (SSSR count). The molecule has 3 N–H and O–H groups in total. The second-order valence-corrected chi connectivity index (χ2v) is 4.74. The van der Waals surface area contributed by atoms with Crippen molar-refractivity contribution in [3.63, 3.8) is 0 Å². The number of ether oxygens (including phenoxy) is 2. The number of aromatic hydroxyl groups is 1. The molecule has 0 saturated carbocycles. The molecule has 96 valence electrons. The zero-order valence-electron chi connectivity index (χ0n) is 10.2. The Balaban J connectivity index is 2.54. The van der Waals surface area contributed by atoms with Gasteiger partial charge in [0.15, 0.2) is 0 Å². The molecule has 1 aromatic carbocycles. The van der Waals surface area contributed by atoms with Crippen molar-refractivity contribution in [2.75, 3.05) is 14.2 Å². The van der Waals surface area contributed by atoms with E-state index in [1.165, 1.54) is 12.1 Å². The van der Waals surface area contributed by atoms with Gasteiger partial charge in [-0.05, 0) is 11.4 Å². The van der Waals surface area contributed by atoms with Crippen LogP contribution in [0, 0.1) is 0 Å². The van der Waals surface area contributed by atoms with Crippen molar-refractivity contribution in [2.45, 2.75) is 6.04 Å². The molecule has 0 bridgehead atoms. The molecule has 1 atom stereocenters. The number of nitrogens with two attached hydrogens (primary N) is 1. The van der Waals surface area contributed by atoms with Gasteiger partial charge in [-0.2, -0.15) is 0 Å². The van der Waals surface area contributed by atoms with Gasteiger partial charge in [0.1, 0.15) is 17.2 Å². The third-order valence-corrected chi connectivity index (χ3v) is 3.64. The molecule has 0 unspecified atom stereocenters. The van der Waals surface area contributed by atoms with Crippen molar-refractivity contribution in [1.29, 1.82) is 0 Å². The molecule has 0 spiro atoms. The number of hydrogen-bond donors (Lipinski definition) is 2. The molecule has 1 heterocycles. The normalized spacial score (nSPS) is 12.2. The van der Waals surface area contributed by atoms with Gasteiger partial charge in [0.2, 0.25) is 0 Å². The Kier molecular flexibility index (Phi) is 3.74. The van der Waals surface area contributed by atoms with Crippen LogP contribution >= 0.6 is 11.3 Å². The fourth-order valence-electron chi connectivity index (χ4n) is 1.84. The Hall–Kier alpha value is -1.72. The summed E-state index contributed by atoms with van der Waals surface area (Å²) in [4.78, 5) is 1.01. The van der Waals surface area contributed by atoms with Crippen LogP contribution < -0.4 is 15.2 Å². The van der Waals surface area contributed by atoms with E-state index in [-0.39, 0.29) is 11.8 Å². The quantitative estimate of drug-likeness (QED) is 0.891. The second kappa shape index (κ2) is 5.29. The predicted octanol–water partition coefficient (Wildman–Crippen LogP) is 2.52. The van der Waals surface area contributed by atoms with Gasteiger partial charge in [-0.25, -0.2) is 0 Å². The number of phenols is 1. The van der Waals surface area contributed by atoms with Gasteiger partial charge in [0, 0.05) is 17.0 Å². The average Bonchev–Trinajstić information content (AvgIpc) is 2.90. The van der Waals surface area contributed by atoms with Gasteiger partial charge in [0.05, 0.1) is 25.8 Å². The third kappa shape index (κ3) is 2.27. The average molecular weight is 265 g/mol. The van der Waals surface area contributed by atoms with Crippen LogP contribution in [0.3, 0.4) is 0 Å². The van der Waals surface area contributed by atoms with Crippen LogP contribution in [0.1, 0.15) is 16.5 Å². The minimum atomic E-state index is -0.338. The molecule has 0 amide bonds. The van der Waals surface area contributed by atoms with E-state index in [1.807, 2.05) is 17.5 Å². The van der Waals surface area contributed by atoms with Crippen LogP contribution in [-0.4, -0.2) is 19.3 Å². The maximum absolute atomic E-state index is 9.59. The number of rotatable bonds is 4. The first-order valence-electron chi connectivity index (χ1n) is 5.41. The Morgan fingerprint density at radius 1 is 1.22 bits per heavy atom. The van der Waals surface area contributed by atoms with E-state index >= 15 is 0 Å². The lowest BCUT2D eigenvalue weighted by atomic mass is 10.0. The summed E-state index contributed by atoms with van der Waals surface area (Å²) in [5.41, 5.74) is 6.97. The predicted molar refractivity (Wildman–Crippen MR) is 71.6 cm³/mol. The molecule has 0 saturated heterocycles. The molecule has 5 heteroatoms. The van der Waals surface area contributed by atoms with Gasteiger partial charge in [-0.15, -0.1) is 11.3 Å². The fraction of sp³-hybridized carbons (Fsp3) is 0.231. The van der Waals surface area contributed by atoms with Crippen LogP contribution in [0.25, 0.3) is 0 Å². The molecular formula is C13H15NO3S. The highest BCUT2D eigenvalue weighted by Crippen LogP contribution is 2.40. The third-order valence-electron chi connectivity index (χ3n) is 2.69. The molecule has 0 radical (unpaired) electrons. The van der Waals surface area contributed by atoms with Crippen LogP contribution in [0.2, 0.25) is 0 Å². The Labute approximate surface area is 110 Å². The Morgan fingerprint density at radius 2 is 1.83 bits per heavy atom. The van der Waals surface area contributed by atoms with Crippen LogP contribution in [0.15, 0.2) is 29.6 Å². The molecule has 4 nitrogen and oxygen atoms in total. The minimum Gasteiger partial charge on any atom is -0.508 e. The van der Waals surface area contributed by atoms with Crippen molar-refractivity contribution < 1.29 is 14.6 Å². The molecule has 0 aliphatic rings. The largest absolute Gasteiger partial charge is 0.508 e. The number of benzene rings is 1. The number of hydrogen-bond acceptors (Lipinski definition) is 5. The topological polar surface area (TPSA) is 64.7 Å². The van der Waals surface area contributed by atoms with Crippen LogP contribution in [-0.2, 0) is 0 Å². The zero-order valence-corrected chi connectivity index (χ0v) is 11.0. The SMILES string of the molecule is COc1cc(O)cc(OC)c1[C@H](N)c1cccs1. The van der Waals surface area contributed by atoms with Crippen molar-refractivity contribution >= 4 is 11.3 Å². The van der Waals surface area contributed by atoms with E-state index in [0.717, 1.165) is 10.4 Å². The lowest BCUT2D eigenvalue weighted by molar-refractivity contribution is 0.374. The smallest absolute Gasteiger partial charge is 0.131 e. The highest BCUT2D eigenvalue weighted by molar-refractivity contribution is 7.10. The molecular weight excluding hydrogens is 250 g/mol. The maximum atomic E-state index is 9.59. The zero-order chi connectivity index (χ0) is 13.1. The van der Waals surface area contributed by atoms with Crippen molar-refractivity contribution in [1.82, 2.24) is 0 Å². The molecule has 0 aliphatic heterocycles. The second-order valence-electron chi connectivity index (χ2n) is 3.76. The van der Waals surface area contributed by atoms with E-state index in [2.05, 4.69) is 0 Å². The molecule has 2 aromatic rings. The molecule has 18 heavy (non-hydrogen) atoms. The van der Waals surface area contributed by atoms with Gasteiger partial charge < -0.3 is 20.3 Å². The van der Waals surface area contributed by atoms with E-state index < -0.39 is 0 Å². The number of phenolic OH excluding ortho intramolecular Hbond substituents is 1. The van der Waals surface area contributed by atoms with Crippen molar-refractivity contribution in [3.05, 3.63) is 40.1 Å². The first kappa shape index (κ1) is 12.7. The highest BCUT2D eigenvalue weighted by Gasteiger charge is 2.21. The first-order chi connectivity index (χ1) is 8.67. The highest BCUT2D eigenvalue weighted by atomic mass is 32.1. The van der Waals surface area contributed by atoms with E-state index in [1.54, 1.807) is 25.6 Å². The van der Waals surface area contributed by atoms with Gasteiger partial charge in [-0.1, -0.05) is 6.07 Å². The van der Waals surface area contributed by atoms with Gasteiger partial charge in [0.25, 0.3) is 0 Å². The van der Waals surface area contributed by atoms with Crippen molar-refractivity contribution in [3.8, 4) is 17.2 Å². The fourth-order valence-corrected chi connectivity index (χ4v) is 2.58. The molecule has 0 fully saturated rings. The number of thiophene rings is 1. The summed E-state index contributed by atoms with van der Waals surface area (Å²) in [7, 11) is 3.08. The summed E-state index contributed by atoms with van der Waals surface area (Å²) in [5.74, 6) is 1.13. The standard InChI is InChI=1S/C13H15NO3S/c1-16-9-6-8(15)7-10(17-2)12(9)13(14)11-4-3-5-18-11/h3-7,13,15H,14H2,1-2H3/t13-/m1/s1. The lowest BCUT2D eigenvalue weighted by Crippen LogP contribution is -2.13. The monoisotopic (exact) mass is 265 g/mol. The summed E-state index contributed by atoms with van der Waals surface area (Å²) in [6, 6.07) is 6.63. The van der Waals surface area contributed by atoms with Crippen molar-refractivity contribution in [2.24, 2.45) is 5.73 Å². The van der Waals surface area contributed by atoms with Crippen LogP contribution in [0.4, 0.5) is 0 Å². The maximum Gasteiger partial charge on any atom is 0.131 e. The Morgan fingerprint density at radius 3 is 2.28 bits per heavy atom. The lowest BCUT2D eigenvalue weighted by Gasteiger charge is -2.18. The summed E-state index contributed by atoms with van der Waals surface area (Å²) in [6.45, 7) is 0. The summed E-state index contributed by atoms with van der Waals surface area (Å²) < 4.78 is 10.5. The Bertz CT molecular complexity index is 500. The summed E-state index contributed by atoms with van der Waals surface area (Å²) >= 11 is 1.57. The number of methoxy groups -OCH3 is 2.